The summed E-state index contributed by atoms with van der Waals surface area (Å²) in [6, 6.07) is 5.77. The summed E-state index contributed by atoms with van der Waals surface area (Å²) in [6.45, 7) is 2.48. The van der Waals surface area contributed by atoms with Gasteiger partial charge < -0.3 is 19.6 Å². The molecular weight excluding hydrogens is 552 g/mol. The second-order valence-corrected chi connectivity index (χ2v) is 10.0. The van der Waals surface area contributed by atoms with Crippen molar-refractivity contribution in [2.45, 2.75) is 54.2 Å². The predicted octanol–water partition coefficient (Wildman–Crippen LogP) is 2.85. The Morgan fingerprint density at radius 3 is 2.64 bits per heavy atom. The van der Waals surface area contributed by atoms with Gasteiger partial charge >= 0.3 is 6.36 Å². The van der Waals surface area contributed by atoms with Gasteiger partial charge in [0.15, 0.2) is 0 Å². The monoisotopic (exact) mass is 580 g/mol. The highest BCUT2D eigenvalue weighted by Crippen LogP contribution is 2.31. The number of hydrogen-bond donors (Lipinski definition) is 1. The van der Waals surface area contributed by atoms with Gasteiger partial charge in [-0.05, 0) is 44.4 Å². The molecule has 3 aliphatic rings. The number of hydrogen-bond acceptors (Lipinski definition) is 6. The van der Waals surface area contributed by atoms with Crippen molar-refractivity contribution >= 4 is 34.3 Å². The highest BCUT2D eigenvalue weighted by Gasteiger charge is 2.42. The zero-order valence-corrected chi connectivity index (χ0v) is 20.5. The number of benzene rings is 1. The molecular formula is C22H28F3IN4O3. The van der Waals surface area contributed by atoms with Crippen molar-refractivity contribution in [3.8, 4) is 5.75 Å². The number of likely N-dealkylation sites (N-methyl/N-ethyl adjacent to an activating group) is 1. The van der Waals surface area contributed by atoms with E-state index in [2.05, 4.69) is 37.2 Å². The molecule has 3 heterocycles. The first-order valence-corrected chi connectivity index (χ1v) is 12.4. The highest BCUT2D eigenvalue weighted by atomic mass is 127. The van der Waals surface area contributed by atoms with Gasteiger partial charge in [-0.2, -0.15) is 0 Å². The first-order chi connectivity index (χ1) is 15.7. The first kappa shape index (κ1) is 24.5. The fourth-order valence-electron chi connectivity index (χ4n) is 5.13. The van der Waals surface area contributed by atoms with E-state index >= 15 is 0 Å². The van der Waals surface area contributed by atoms with Crippen LogP contribution in [0.2, 0.25) is 0 Å². The minimum Gasteiger partial charge on any atom is -0.406 e. The standard InChI is InChI=1S/C22H28F3IN4O3/c1-28-18(19(26)27-20(28)14-4-2-6-17(12-14)33-22(23,24)25)21(32)29-10-7-15(8-11-29)30-9-3-5-16(30)13-31/h2,4,6,12,15-16,18-19,31H,3,5,7-11,13H2,1H3/t16-,18?,19?/m1/s1. The topological polar surface area (TPSA) is 68.6 Å². The van der Waals surface area contributed by atoms with Crippen molar-refractivity contribution in [1.82, 2.24) is 14.7 Å². The Kier molecular flexibility index (Phi) is 7.39. The van der Waals surface area contributed by atoms with E-state index in [-0.39, 0.29) is 28.4 Å². The van der Waals surface area contributed by atoms with E-state index in [1.54, 1.807) is 18.0 Å². The summed E-state index contributed by atoms with van der Waals surface area (Å²) in [5.74, 6) is 0.135. The van der Waals surface area contributed by atoms with Gasteiger partial charge in [-0.1, -0.05) is 34.7 Å². The fourth-order valence-corrected chi connectivity index (χ4v) is 6.18. The number of alkyl halides is 4. The third kappa shape index (κ3) is 5.40. The molecule has 0 bridgehead atoms. The van der Waals surface area contributed by atoms with Gasteiger partial charge in [0.05, 0.1) is 6.61 Å². The quantitative estimate of drug-likeness (QED) is 0.330. The summed E-state index contributed by atoms with van der Waals surface area (Å²) in [5.41, 5.74) is 0.471. The SMILES string of the molecule is CN1C(c2cccc(OC(F)(F)F)c2)=NC(I)C1C(=O)N1CCC(N2CCC[C@@H]2CO)CC1. The summed E-state index contributed by atoms with van der Waals surface area (Å²) < 4.78 is 41.5. The molecule has 0 spiro atoms. The number of ether oxygens (including phenoxy) is 1. The highest BCUT2D eigenvalue weighted by molar-refractivity contribution is 14.1. The van der Waals surface area contributed by atoms with Crippen molar-refractivity contribution in [2.75, 3.05) is 33.3 Å². The molecule has 33 heavy (non-hydrogen) atoms. The van der Waals surface area contributed by atoms with Crippen LogP contribution in [0.15, 0.2) is 29.3 Å². The van der Waals surface area contributed by atoms with Crippen LogP contribution >= 0.6 is 22.6 Å². The summed E-state index contributed by atoms with van der Waals surface area (Å²) >= 11 is 2.11. The Balaban J connectivity index is 1.40. The Hall–Kier alpha value is -1.60. The Bertz CT molecular complexity index is 892. The van der Waals surface area contributed by atoms with E-state index in [1.165, 1.54) is 18.2 Å². The molecule has 2 unspecified atom stereocenters. The maximum Gasteiger partial charge on any atom is 0.573 e. The van der Waals surface area contributed by atoms with Crippen LogP contribution in [0.3, 0.4) is 0 Å². The molecule has 1 aromatic carbocycles. The molecule has 0 saturated carbocycles. The summed E-state index contributed by atoms with van der Waals surface area (Å²) in [5, 5.41) is 9.61. The zero-order chi connectivity index (χ0) is 23.8. The molecule has 3 atom stereocenters. The first-order valence-electron chi connectivity index (χ1n) is 11.1. The fraction of sp³-hybridized carbons (Fsp3) is 0.636. The maximum absolute atomic E-state index is 13.4. The lowest BCUT2D eigenvalue weighted by Gasteiger charge is -2.40. The smallest absolute Gasteiger partial charge is 0.406 e. The normalized spacial score (nSPS) is 27.2. The maximum atomic E-state index is 13.4. The number of nitrogens with zero attached hydrogens (tertiary/aromatic N) is 4. The van der Waals surface area contributed by atoms with Gasteiger partial charge in [-0.15, -0.1) is 13.2 Å². The lowest BCUT2D eigenvalue weighted by atomic mass is 10.0. The average molecular weight is 580 g/mol. The van der Waals surface area contributed by atoms with Crippen LogP contribution in [-0.4, -0.2) is 93.4 Å². The second-order valence-electron chi connectivity index (χ2n) is 8.73. The van der Waals surface area contributed by atoms with Crippen molar-refractivity contribution in [3.05, 3.63) is 29.8 Å². The van der Waals surface area contributed by atoms with Crippen molar-refractivity contribution < 1.29 is 27.8 Å². The second kappa shape index (κ2) is 9.95. The number of aliphatic hydroxyl groups is 1. The third-order valence-corrected chi connectivity index (χ3v) is 7.67. The Morgan fingerprint density at radius 1 is 1.24 bits per heavy atom. The summed E-state index contributed by atoms with van der Waals surface area (Å²) in [6.07, 6.45) is -0.910. The van der Waals surface area contributed by atoms with Crippen LogP contribution in [0.4, 0.5) is 13.2 Å². The van der Waals surface area contributed by atoms with Crippen LogP contribution in [0.25, 0.3) is 0 Å². The number of amides is 1. The van der Waals surface area contributed by atoms with Gasteiger partial charge in [-0.3, -0.25) is 14.7 Å². The third-order valence-electron chi connectivity index (χ3n) is 6.71. The van der Waals surface area contributed by atoms with Gasteiger partial charge in [0, 0.05) is 37.8 Å². The van der Waals surface area contributed by atoms with Gasteiger partial charge in [0.25, 0.3) is 0 Å². The summed E-state index contributed by atoms with van der Waals surface area (Å²) in [7, 11) is 1.75. The van der Waals surface area contributed by atoms with E-state index < -0.39 is 12.4 Å². The zero-order valence-electron chi connectivity index (χ0n) is 18.3. The summed E-state index contributed by atoms with van der Waals surface area (Å²) in [4.78, 5) is 24.0. The Morgan fingerprint density at radius 2 is 1.97 bits per heavy atom. The minimum atomic E-state index is -4.77. The van der Waals surface area contributed by atoms with E-state index in [0.717, 1.165) is 32.2 Å². The molecule has 7 nitrogen and oxygen atoms in total. The van der Waals surface area contributed by atoms with Gasteiger partial charge in [-0.25, -0.2) is 0 Å². The van der Waals surface area contributed by atoms with Crippen molar-refractivity contribution in [3.63, 3.8) is 0 Å². The number of amidine groups is 1. The van der Waals surface area contributed by atoms with Crippen LogP contribution in [0.5, 0.6) is 5.75 Å². The average Bonchev–Trinajstić information content (AvgIpc) is 3.36. The number of carbonyl (C=O) groups is 1. The molecule has 182 valence electrons. The van der Waals surface area contributed by atoms with Gasteiger partial charge in [0.2, 0.25) is 5.91 Å². The minimum absolute atomic E-state index is 0.0167. The van der Waals surface area contributed by atoms with Crippen LogP contribution < -0.4 is 4.74 Å². The molecule has 0 aromatic heterocycles. The van der Waals surface area contributed by atoms with Crippen LogP contribution in [0, 0.1) is 0 Å². The number of rotatable bonds is 5. The van der Waals surface area contributed by atoms with E-state index in [0.29, 0.717) is 30.5 Å². The van der Waals surface area contributed by atoms with Crippen molar-refractivity contribution in [1.29, 1.82) is 0 Å². The van der Waals surface area contributed by atoms with Crippen molar-refractivity contribution in [2.24, 2.45) is 4.99 Å². The molecule has 3 aliphatic heterocycles. The number of aliphatic imine (C=N–C) groups is 1. The van der Waals surface area contributed by atoms with Gasteiger partial charge in [0.1, 0.15) is 21.7 Å². The molecule has 1 amide bonds. The largest absolute Gasteiger partial charge is 0.573 e. The molecule has 1 aromatic rings. The number of aliphatic hydroxyl groups excluding tert-OH is 1. The lowest BCUT2D eigenvalue weighted by Crippen LogP contribution is -2.54. The van der Waals surface area contributed by atoms with E-state index in [1.807, 2.05) is 4.90 Å². The molecule has 2 saturated heterocycles. The molecule has 4 rings (SSSR count). The Labute approximate surface area is 204 Å². The number of halogens is 4. The van der Waals surface area contributed by atoms with Crippen LogP contribution in [0.1, 0.15) is 31.2 Å². The number of carbonyl (C=O) groups excluding carboxylic acids is 1. The van der Waals surface area contributed by atoms with E-state index in [4.69, 9.17) is 0 Å². The molecule has 2 fully saturated rings. The van der Waals surface area contributed by atoms with E-state index in [9.17, 15) is 23.1 Å². The predicted molar refractivity (Wildman–Crippen MR) is 125 cm³/mol. The molecule has 0 aliphatic carbocycles. The molecule has 11 heteroatoms. The number of piperidine rings is 1. The van der Waals surface area contributed by atoms with Crippen LogP contribution in [-0.2, 0) is 4.79 Å². The molecule has 0 radical (unpaired) electrons. The lowest BCUT2D eigenvalue weighted by molar-refractivity contribution is -0.274. The molecule has 1 N–H and O–H groups in total. The number of likely N-dealkylation sites (tertiary alicyclic amines) is 2.